The van der Waals surface area contributed by atoms with Crippen molar-refractivity contribution >= 4 is 70.7 Å². The number of hydrogen-bond donors (Lipinski definition) is 3. The van der Waals surface area contributed by atoms with Crippen LogP contribution in [0.5, 0.6) is 0 Å². The maximum atomic E-state index is 15.3. The highest BCUT2D eigenvalue weighted by atomic mass is 16.6. The number of carbonyl (C=O) groups is 10. The minimum Gasteiger partial charge on any atom is -0.444 e. The normalized spacial score (nSPS) is 25.1. The molecule has 101 heavy (non-hydrogen) atoms. The quantitative estimate of drug-likeness (QED) is 0.0530. The summed E-state index contributed by atoms with van der Waals surface area (Å²) in [5.74, 6) is 3.62. The van der Waals surface area contributed by atoms with Gasteiger partial charge in [0.25, 0.3) is 11.8 Å². The number of ketones is 1. The smallest absolute Gasteiger partial charge is 0.410 e. The summed E-state index contributed by atoms with van der Waals surface area (Å²) >= 11 is 0. The molecule has 0 aromatic heterocycles. The number of nitrogens with one attached hydrogen (secondary N) is 2. The van der Waals surface area contributed by atoms with Crippen LogP contribution in [0.3, 0.4) is 0 Å². The van der Waals surface area contributed by atoms with Gasteiger partial charge in [0.15, 0.2) is 5.78 Å². The van der Waals surface area contributed by atoms with Gasteiger partial charge in [0, 0.05) is 115 Å². The van der Waals surface area contributed by atoms with E-state index in [0.717, 1.165) is 48.3 Å². The van der Waals surface area contributed by atoms with Crippen LogP contribution >= 0.6 is 0 Å². The van der Waals surface area contributed by atoms with E-state index in [2.05, 4.69) is 58.6 Å². The number of fused-ring (bicyclic) bond motifs is 5. The van der Waals surface area contributed by atoms with E-state index in [1.54, 1.807) is 73.7 Å². The number of likely N-dealkylation sites (N-methyl/N-ethyl adjacent to an activating group) is 1. The van der Waals surface area contributed by atoms with Crippen LogP contribution in [0.2, 0.25) is 0 Å². The number of ether oxygens (including phenoxy) is 5. The summed E-state index contributed by atoms with van der Waals surface area (Å²) in [5, 5.41) is 17.6. The van der Waals surface area contributed by atoms with Crippen molar-refractivity contribution in [2.24, 2.45) is 17.3 Å². The highest BCUT2D eigenvalue weighted by Gasteiger charge is 2.63. The zero-order valence-electron chi connectivity index (χ0n) is 60.6. The van der Waals surface area contributed by atoms with E-state index in [1.165, 1.54) is 41.2 Å². The molecule has 2 saturated carbocycles. The molecule has 5 fully saturated rings. The maximum Gasteiger partial charge on any atom is 0.410 e. The third-order valence-electron chi connectivity index (χ3n) is 21.2. The van der Waals surface area contributed by atoms with E-state index in [1.807, 2.05) is 13.1 Å². The SMILES string of the molecule is CC#C[C@]1(O)CC[C@H]2[C@@H]3CCC4=CC(=O)CCC4=C3[C@@H](c3ccc(N(C)CCCC(=O)N4CCN(C(=O)OC(C)(C)C)CC4C(=O)N4CCN(C(=O)OC(C)(C)C)CC4C(=O)N(C)CCCOCCOCCOCCCNc4cccc5c4C(=O)N(C4CCC(=O)NC4=O)C5=O)cc3)C[C@@]21C. The Hall–Kier alpha value is -8.18. The van der Waals surface area contributed by atoms with Crippen molar-refractivity contribution in [1.82, 2.24) is 34.7 Å². The van der Waals surface area contributed by atoms with Gasteiger partial charge in [0.1, 0.15) is 34.9 Å². The van der Waals surface area contributed by atoms with Gasteiger partial charge in [-0.3, -0.25) is 48.6 Å². The summed E-state index contributed by atoms with van der Waals surface area (Å²) < 4.78 is 28.8. The number of piperidine rings is 1. The van der Waals surface area contributed by atoms with Crippen molar-refractivity contribution in [2.75, 3.05) is 123 Å². The average molecular weight is 1400 g/mol. The Bertz CT molecular complexity index is 3620. The summed E-state index contributed by atoms with van der Waals surface area (Å²) in [6, 6.07) is 10.1. The second-order valence-electron chi connectivity index (χ2n) is 30.3. The first-order valence-electron chi connectivity index (χ1n) is 36.1. The number of nitrogens with zero attached hydrogens (tertiary/aromatic N) is 7. The van der Waals surface area contributed by atoms with Gasteiger partial charge in [-0.2, -0.15) is 0 Å². The minimum atomic E-state index is -1.17. The molecule has 25 nitrogen and oxygen atoms in total. The fourth-order valence-electron chi connectivity index (χ4n) is 16.2. The van der Waals surface area contributed by atoms with E-state index in [4.69, 9.17) is 23.7 Å². The molecule has 2 aromatic rings. The van der Waals surface area contributed by atoms with E-state index in [9.17, 15) is 48.3 Å². The van der Waals surface area contributed by atoms with Gasteiger partial charge in [-0.15, -0.1) is 5.92 Å². The topological polar surface area (TPSA) is 284 Å². The van der Waals surface area contributed by atoms with Gasteiger partial charge in [-0.1, -0.05) is 36.6 Å². The zero-order chi connectivity index (χ0) is 72.7. The van der Waals surface area contributed by atoms with Crippen LogP contribution in [0.4, 0.5) is 21.0 Å². The van der Waals surface area contributed by atoms with Crippen LogP contribution < -0.4 is 15.5 Å². The molecule has 0 radical (unpaired) electrons. The lowest BCUT2D eigenvalue weighted by Crippen LogP contribution is -2.68. The van der Waals surface area contributed by atoms with Crippen LogP contribution in [-0.4, -0.2) is 241 Å². The Balaban J connectivity index is 0.711. The standard InChI is InChI=1S/C76H103N9O16/c1-11-30-76(96)31-29-57-54-25-21-50-45-52(86)24-26-53(50)64(54)56(46-75(57,76)8)49-19-22-51(23-20-49)79(9)33-13-18-63(88)83-37-35-81(71(94)100-73(2,3)4)48-61(83)69(92)84-38-36-82(72(95)101-74(5,6)7)47-60(84)68(91)80(10)34-15-40-98-42-44-99-43-41-97-39-14-32-77-58-17-12-16-55-65(58)70(93)85(67(55)90)59-27-28-62(87)78-66(59)89/h12,16-17,19-20,22-23,45,54,56-57,59-61,77,96H,13-15,18,21,24-29,31-44,46-48H2,1-10H3,(H,78,87,89)/t54-,56+,57-,59?,60?,61?,75-,76-/m0/s1. The molecule has 25 heteroatoms. The molecular weight excluding hydrogens is 1290 g/mol. The van der Waals surface area contributed by atoms with Crippen LogP contribution in [0.25, 0.3) is 0 Å². The van der Waals surface area contributed by atoms with Crippen molar-refractivity contribution in [1.29, 1.82) is 0 Å². The number of carbonyl (C=O) groups excluding carboxylic acids is 10. The van der Waals surface area contributed by atoms with E-state index in [0.29, 0.717) is 82.5 Å². The number of hydrogen-bond acceptors (Lipinski definition) is 18. The van der Waals surface area contributed by atoms with Gasteiger partial charge < -0.3 is 63.5 Å². The van der Waals surface area contributed by atoms with Crippen LogP contribution in [0.15, 0.2) is 65.3 Å². The first-order chi connectivity index (χ1) is 48.0. The largest absolute Gasteiger partial charge is 0.444 e. The molecule has 8 aliphatic rings. The van der Waals surface area contributed by atoms with Crippen molar-refractivity contribution in [3.05, 3.63) is 82.0 Å². The Labute approximate surface area is 593 Å². The first-order valence-corrected chi connectivity index (χ1v) is 36.1. The zero-order valence-corrected chi connectivity index (χ0v) is 60.6. The third kappa shape index (κ3) is 17.2. The molecule has 548 valence electrons. The molecule has 4 heterocycles. The number of allylic oxidation sites excluding steroid dienone is 4. The Morgan fingerprint density at radius 3 is 2.02 bits per heavy atom. The molecule has 4 aliphatic carbocycles. The van der Waals surface area contributed by atoms with Crippen molar-refractivity contribution in [3.63, 3.8) is 0 Å². The molecule has 8 atom stereocenters. The van der Waals surface area contributed by atoms with E-state index < -0.39 is 88.0 Å². The lowest BCUT2D eigenvalue weighted by atomic mass is 9.51. The van der Waals surface area contributed by atoms with E-state index in [-0.39, 0.29) is 114 Å². The van der Waals surface area contributed by atoms with Crippen molar-refractivity contribution in [2.45, 2.75) is 180 Å². The molecular formula is C76H103N9O16. The fourth-order valence-corrected chi connectivity index (χ4v) is 16.2. The summed E-state index contributed by atoms with van der Waals surface area (Å²) in [6.45, 7) is 17.4. The number of piperazine rings is 2. The van der Waals surface area contributed by atoms with Crippen molar-refractivity contribution in [3.8, 4) is 11.8 Å². The number of aliphatic hydroxyl groups is 1. The second-order valence-corrected chi connectivity index (χ2v) is 30.3. The number of imide groups is 2. The Morgan fingerprint density at radius 1 is 0.723 bits per heavy atom. The lowest BCUT2D eigenvalue weighted by Gasteiger charge is -2.53. The lowest BCUT2D eigenvalue weighted by molar-refractivity contribution is -0.157. The fraction of sp³-hybridized carbons (Fsp3) is 0.632. The van der Waals surface area contributed by atoms with Gasteiger partial charge in [-0.05, 0) is 172 Å². The third-order valence-corrected chi connectivity index (χ3v) is 21.2. The minimum absolute atomic E-state index is 0.0327. The summed E-state index contributed by atoms with van der Waals surface area (Å²) in [4.78, 5) is 146. The van der Waals surface area contributed by atoms with Crippen molar-refractivity contribution < 1.29 is 76.7 Å². The molecule has 0 spiro atoms. The second kappa shape index (κ2) is 32.0. The molecule has 3 unspecified atom stereocenters. The van der Waals surface area contributed by atoms with Gasteiger partial charge in [0.2, 0.25) is 29.5 Å². The van der Waals surface area contributed by atoms with Gasteiger partial charge in [-0.25, -0.2) is 9.59 Å². The highest BCUT2D eigenvalue weighted by molar-refractivity contribution is 6.25. The monoisotopic (exact) mass is 1400 g/mol. The molecule has 2 aromatic carbocycles. The Kier molecular flexibility index (Phi) is 23.9. The molecule has 0 bridgehead atoms. The molecule has 3 N–H and O–H groups in total. The summed E-state index contributed by atoms with van der Waals surface area (Å²) in [6.07, 6.45) is 7.64. The predicted octanol–water partition coefficient (Wildman–Crippen LogP) is 7.25. The summed E-state index contributed by atoms with van der Waals surface area (Å²) in [7, 11) is 3.61. The van der Waals surface area contributed by atoms with Crippen LogP contribution in [-0.2, 0) is 52.5 Å². The first kappa shape index (κ1) is 75.5. The van der Waals surface area contributed by atoms with E-state index >= 15 is 4.79 Å². The molecule has 9 amide bonds. The van der Waals surface area contributed by atoms with Crippen LogP contribution in [0.1, 0.15) is 171 Å². The highest BCUT2D eigenvalue weighted by Crippen LogP contribution is 2.66. The number of anilines is 2. The van der Waals surface area contributed by atoms with Gasteiger partial charge in [0.05, 0.1) is 50.6 Å². The Morgan fingerprint density at radius 2 is 1.37 bits per heavy atom. The van der Waals surface area contributed by atoms with Gasteiger partial charge >= 0.3 is 12.2 Å². The predicted molar refractivity (Wildman–Crippen MR) is 375 cm³/mol. The molecule has 4 aliphatic heterocycles. The molecule has 3 saturated heterocycles. The number of rotatable bonds is 24. The molecule has 10 rings (SSSR count). The maximum absolute atomic E-state index is 15.3. The summed E-state index contributed by atoms with van der Waals surface area (Å²) in [5.41, 5.74) is 3.75. The van der Waals surface area contributed by atoms with Crippen LogP contribution in [0, 0.1) is 29.1 Å². The number of amides is 9. The average Bonchev–Trinajstić information content (AvgIpc) is 1.64. The number of benzene rings is 2.